The Balaban J connectivity index is 2.17. The van der Waals surface area contributed by atoms with Crippen LogP contribution in [0.5, 0.6) is 0 Å². The molecule has 1 fully saturated rings. The van der Waals surface area contributed by atoms with Gasteiger partial charge in [-0.3, -0.25) is 0 Å². The predicted octanol–water partition coefficient (Wildman–Crippen LogP) is 4.60. The summed E-state index contributed by atoms with van der Waals surface area (Å²) in [5.74, 6) is 0. The van der Waals surface area contributed by atoms with Gasteiger partial charge in [0.25, 0.3) is 0 Å². The second kappa shape index (κ2) is 7.49. The number of halogens is 2. The van der Waals surface area contributed by atoms with Gasteiger partial charge >= 0.3 is 0 Å². The molecule has 1 aliphatic heterocycles. The number of hydrogen-bond donors (Lipinski definition) is 1. The van der Waals surface area contributed by atoms with E-state index < -0.39 is 0 Å². The van der Waals surface area contributed by atoms with Gasteiger partial charge in [-0.15, -0.1) is 0 Å². The molecule has 1 saturated heterocycles. The topological polar surface area (TPSA) is 21.3 Å². The highest BCUT2D eigenvalue weighted by atomic mass is 35.5. The van der Waals surface area contributed by atoms with Gasteiger partial charge in [0.2, 0.25) is 0 Å². The summed E-state index contributed by atoms with van der Waals surface area (Å²) in [7, 11) is 0. The quantitative estimate of drug-likeness (QED) is 0.858. The normalized spacial score (nSPS) is 21.3. The summed E-state index contributed by atoms with van der Waals surface area (Å²) >= 11 is 12.1. The first-order valence-corrected chi connectivity index (χ1v) is 7.78. The van der Waals surface area contributed by atoms with Crippen LogP contribution in [0.4, 0.5) is 0 Å². The average molecular weight is 302 g/mol. The van der Waals surface area contributed by atoms with Crippen molar-refractivity contribution in [1.82, 2.24) is 5.32 Å². The van der Waals surface area contributed by atoms with E-state index in [0.29, 0.717) is 10.0 Å². The summed E-state index contributed by atoms with van der Waals surface area (Å²) in [6.07, 6.45) is 4.83. The molecule has 0 aliphatic carbocycles. The van der Waals surface area contributed by atoms with E-state index in [4.69, 9.17) is 27.9 Å². The molecule has 4 heteroatoms. The third-order valence-corrected chi connectivity index (χ3v) is 4.24. The van der Waals surface area contributed by atoms with E-state index in [0.717, 1.165) is 31.6 Å². The fourth-order valence-electron chi connectivity index (χ4n) is 2.50. The molecule has 0 spiro atoms. The maximum absolute atomic E-state index is 6.13. The van der Waals surface area contributed by atoms with Gasteiger partial charge in [0, 0.05) is 6.61 Å². The van der Waals surface area contributed by atoms with Crippen molar-refractivity contribution in [2.45, 2.75) is 44.8 Å². The molecule has 1 N–H and O–H groups in total. The monoisotopic (exact) mass is 301 g/mol. The van der Waals surface area contributed by atoms with Gasteiger partial charge in [0.1, 0.15) is 0 Å². The fourth-order valence-corrected chi connectivity index (χ4v) is 2.80. The molecule has 1 aromatic carbocycles. The lowest BCUT2D eigenvalue weighted by atomic mass is 9.95. The van der Waals surface area contributed by atoms with E-state index in [9.17, 15) is 0 Å². The molecule has 0 radical (unpaired) electrons. The number of ether oxygens (including phenoxy) is 1. The summed E-state index contributed by atoms with van der Waals surface area (Å²) < 4.78 is 5.92. The smallest absolute Gasteiger partial charge is 0.0769 e. The third-order valence-electron chi connectivity index (χ3n) is 3.50. The van der Waals surface area contributed by atoms with E-state index >= 15 is 0 Å². The van der Waals surface area contributed by atoms with Crippen molar-refractivity contribution in [2.75, 3.05) is 13.2 Å². The lowest BCUT2D eigenvalue weighted by Gasteiger charge is -2.31. The zero-order chi connectivity index (χ0) is 13.7. The summed E-state index contributed by atoms with van der Waals surface area (Å²) in [6.45, 7) is 4.00. The lowest BCUT2D eigenvalue weighted by molar-refractivity contribution is -0.00815. The number of hydrogen-bond acceptors (Lipinski definition) is 2. The number of rotatable bonds is 5. The van der Waals surface area contributed by atoms with E-state index in [1.807, 2.05) is 18.2 Å². The van der Waals surface area contributed by atoms with Crippen molar-refractivity contribution in [3.63, 3.8) is 0 Å². The van der Waals surface area contributed by atoms with Gasteiger partial charge in [-0.2, -0.15) is 0 Å². The highest BCUT2D eigenvalue weighted by Gasteiger charge is 2.25. The Morgan fingerprint density at radius 3 is 2.79 bits per heavy atom. The summed E-state index contributed by atoms with van der Waals surface area (Å²) in [5, 5.41) is 4.79. The molecule has 2 rings (SSSR count). The first-order chi connectivity index (χ1) is 9.22. The highest BCUT2D eigenvalue weighted by molar-refractivity contribution is 6.42. The van der Waals surface area contributed by atoms with Gasteiger partial charge in [-0.1, -0.05) is 36.2 Å². The predicted molar refractivity (Wildman–Crippen MR) is 81.1 cm³/mol. The molecule has 0 saturated carbocycles. The largest absolute Gasteiger partial charge is 0.376 e. The average Bonchev–Trinajstić information content (AvgIpc) is 2.44. The van der Waals surface area contributed by atoms with Crippen molar-refractivity contribution in [1.29, 1.82) is 0 Å². The van der Waals surface area contributed by atoms with Crippen LogP contribution in [0.15, 0.2) is 18.2 Å². The zero-order valence-electron chi connectivity index (χ0n) is 11.3. The Bertz CT molecular complexity index is 405. The minimum absolute atomic E-state index is 0.204. The van der Waals surface area contributed by atoms with Crippen LogP contribution in [-0.2, 0) is 4.74 Å². The molecule has 0 amide bonds. The molecule has 19 heavy (non-hydrogen) atoms. The molecule has 0 aromatic heterocycles. The fraction of sp³-hybridized carbons (Fsp3) is 0.600. The van der Waals surface area contributed by atoms with Crippen LogP contribution in [0.2, 0.25) is 10.0 Å². The number of nitrogens with one attached hydrogen (secondary N) is 1. The van der Waals surface area contributed by atoms with Gasteiger partial charge < -0.3 is 10.1 Å². The summed E-state index contributed by atoms with van der Waals surface area (Å²) in [5.41, 5.74) is 1.16. The summed E-state index contributed by atoms with van der Waals surface area (Å²) in [6, 6.07) is 6.06. The van der Waals surface area contributed by atoms with Crippen LogP contribution in [0.3, 0.4) is 0 Å². The van der Waals surface area contributed by atoms with E-state index in [1.165, 1.54) is 12.8 Å². The molecular formula is C15H21Cl2NO. The maximum atomic E-state index is 6.13. The zero-order valence-corrected chi connectivity index (χ0v) is 12.8. The molecule has 1 aliphatic rings. The minimum Gasteiger partial charge on any atom is -0.376 e. The van der Waals surface area contributed by atoms with Crippen molar-refractivity contribution in [2.24, 2.45) is 0 Å². The maximum Gasteiger partial charge on any atom is 0.0769 e. The second-order valence-corrected chi connectivity index (χ2v) is 5.82. The molecule has 2 unspecified atom stereocenters. The van der Waals surface area contributed by atoms with Crippen LogP contribution >= 0.6 is 23.2 Å². The second-order valence-electron chi connectivity index (χ2n) is 5.01. The SMILES string of the molecule is CCCNC(c1ccc(Cl)c(Cl)c1)C1CCCCO1. The highest BCUT2D eigenvalue weighted by Crippen LogP contribution is 2.30. The van der Waals surface area contributed by atoms with E-state index in [1.54, 1.807) is 0 Å². The Morgan fingerprint density at radius 1 is 1.32 bits per heavy atom. The van der Waals surface area contributed by atoms with Crippen molar-refractivity contribution in [3.05, 3.63) is 33.8 Å². The third kappa shape index (κ3) is 4.09. The van der Waals surface area contributed by atoms with Crippen LogP contribution < -0.4 is 5.32 Å². The van der Waals surface area contributed by atoms with Crippen molar-refractivity contribution in [3.8, 4) is 0 Å². The Morgan fingerprint density at radius 2 is 2.16 bits per heavy atom. The van der Waals surface area contributed by atoms with Crippen LogP contribution in [0.1, 0.15) is 44.2 Å². The molecule has 2 nitrogen and oxygen atoms in total. The van der Waals surface area contributed by atoms with Crippen LogP contribution in [0.25, 0.3) is 0 Å². The molecule has 1 heterocycles. The Labute approximate surface area is 125 Å². The van der Waals surface area contributed by atoms with Gasteiger partial charge in [0.05, 0.1) is 22.2 Å². The van der Waals surface area contributed by atoms with Crippen LogP contribution in [0, 0.1) is 0 Å². The molecular weight excluding hydrogens is 281 g/mol. The standard InChI is InChI=1S/C15H21Cl2NO/c1-2-8-18-15(14-5-3-4-9-19-14)11-6-7-12(16)13(17)10-11/h6-7,10,14-15,18H,2-5,8-9H2,1H3. The van der Waals surface area contributed by atoms with Crippen molar-refractivity contribution < 1.29 is 4.74 Å². The van der Waals surface area contributed by atoms with E-state index in [-0.39, 0.29) is 12.1 Å². The minimum atomic E-state index is 0.204. The Kier molecular flexibility index (Phi) is 5.96. The van der Waals surface area contributed by atoms with Gasteiger partial charge in [-0.25, -0.2) is 0 Å². The molecule has 2 atom stereocenters. The first kappa shape index (κ1) is 15.1. The molecule has 0 bridgehead atoms. The first-order valence-electron chi connectivity index (χ1n) is 7.02. The molecule has 106 valence electrons. The van der Waals surface area contributed by atoms with Gasteiger partial charge in [-0.05, 0) is 49.9 Å². The number of benzene rings is 1. The van der Waals surface area contributed by atoms with Crippen LogP contribution in [-0.4, -0.2) is 19.3 Å². The lowest BCUT2D eigenvalue weighted by Crippen LogP contribution is -2.36. The van der Waals surface area contributed by atoms with Gasteiger partial charge in [0.15, 0.2) is 0 Å². The molecule has 1 aromatic rings. The summed E-state index contributed by atoms with van der Waals surface area (Å²) in [4.78, 5) is 0. The van der Waals surface area contributed by atoms with E-state index in [2.05, 4.69) is 12.2 Å². The Hall–Kier alpha value is -0.280. The van der Waals surface area contributed by atoms with Crippen molar-refractivity contribution >= 4 is 23.2 Å².